The monoisotopic (exact) mass is 313 g/mol. The van der Waals surface area contributed by atoms with Crippen molar-refractivity contribution < 1.29 is 14.0 Å². The van der Waals surface area contributed by atoms with Gasteiger partial charge in [0.2, 0.25) is 11.8 Å². The van der Waals surface area contributed by atoms with Gasteiger partial charge < -0.3 is 5.32 Å². The lowest BCUT2D eigenvalue weighted by Gasteiger charge is -2.04. The van der Waals surface area contributed by atoms with E-state index in [0.717, 1.165) is 5.56 Å². The smallest absolute Gasteiger partial charge is 0.249 e. The van der Waals surface area contributed by atoms with Gasteiger partial charge in [-0.1, -0.05) is 42.5 Å². The second kappa shape index (κ2) is 8.43. The predicted octanol–water partition coefficient (Wildman–Crippen LogP) is 1.98. The van der Waals surface area contributed by atoms with Crippen LogP contribution in [0.3, 0.4) is 0 Å². The Labute approximate surface area is 133 Å². The normalized spacial score (nSPS) is 10.5. The first-order valence-electron chi connectivity index (χ1n) is 7.01. The molecule has 0 aliphatic rings. The summed E-state index contributed by atoms with van der Waals surface area (Å²) in [4.78, 5) is 23.2. The van der Waals surface area contributed by atoms with Gasteiger partial charge in [-0.25, -0.2) is 9.82 Å². The second-order valence-electron chi connectivity index (χ2n) is 4.78. The van der Waals surface area contributed by atoms with Crippen molar-refractivity contribution in [2.45, 2.75) is 13.0 Å². The van der Waals surface area contributed by atoms with Crippen molar-refractivity contribution >= 4 is 18.0 Å². The largest absolute Gasteiger partial charge is 0.352 e. The molecule has 2 aromatic rings. The van der Waals surface area contributed by atoms with Gasteiger partial charge in [0, 0.05) is 6.54 Å². The van der Waals surface area contributed by atoms with E-state index in [1.54, 1.807) is 0 Å². The lowest BCUT2D eigenvalue weighted by atomic mass is 10.2. The van der Waals surface area contributed by atoms with Crippen LogP contribution in [0.5, 0.6) is 0 Å². The lowest BCUT2D eigenvalue weighted by Crippen LogP contribution is -2.29. The molecule has 118 valence electrons. The van der Waals surface area contributed by atoms with Gasteiger partial charge in [-0.15, -0.1) is 0 Å². The number of nitrogens with zero attached hydrogens (tertiary/aromatic N) is 1. The van der Waals surface area contributed by atoms with Crippen molar-refractivity contribution in [1.82, 2.24) is 10.7 Å². The van der Waals surface area contributed by atoms with Gasteiger partial charge in [0.1, 0.15) is 12.2 Å². The quantitative estimate of drug-likeness (QED) is 0.486. The Kier molecular flexibility index (Phi) is 5.99. The summed E-state index contributed by atoms with van der Waals surface area (Å²) in [5.41, 5.74) is 3.84. The average molecular weight is 313 g/mol. The number of rotatable bonds is 6. The number of amides is 2. The number of nitrogens with one attached hydrogen (secondary N) is 2. The zero-order valence-electron chi connectivity index (χ0n) is 12.3. The van der Waals surface area contributed by atoms with E-state index in [4.69, 9.17) is 0 Å². The number of hydrazone groups is 1. The lowest BCUT2D eigenvalue weighted by molar-refractivity contribution is -0.129. The van der Waals surface area contributed by atoms with Crippen LogP contribution in [0.25, 0.3) is 0 Å². The molecule has 0 atom stereocenters. The molecule has 0 saturated heterocycles. The highest BCUT2D eigenvalue weighted by Gasteiger charge is 2.08. The zero-order chi connectivity index (χ0) is 16.5. The Bertz CT molecular complexity index is 685. The third-order valence-electron chi connectivity index (χ3n) is 2.93. The summed E-state index contributed by atoms with van der Waals surface area (Å²) < 4.78 is 12.7. The highest BCUT2D eigenvalue weighted by Crippen LogP contribution is 1.99. The fraction of sp³-hybridized carbons (Fsp3) is 0.118. The summed E-state index contributed by atoms with van der Waals surface area (Å²) in [6.45, 7) is 0.367. The van der Waals surface area contributed by atoms with Gasteiger partial charge in [0.25, 0.3) is 0 Å². The molecule has 2 aromatic carbocycles. The molecular formula is C17H16FN3O2. The Morgan fingerprint density at radius 1 is 1.00 bits per heavy atom. The molecule has 0 aliphatic carbocycles. The van der Waals surface area contributed by atoms with Crippen LogP contribution in [-0.4, -0.2) is 18.0 Å². The Morgan fingerprint density at radius 2 is 1.70 bits per heavy atom. The van der Waals surface area contributed by atoms with Gasteiger partial charge in [-0.3, -0.25) is 9.59 Å². The molecule has 0 unspecified atom stereocenters. The molecule has 2 N–H and O–H groups in total. The third kappa shape index (κ3) is 6.09. The van der Waals surface area contributed by atoms with E-state index in [9.17, 15) is 14.0 Å². The van der Waals surface area contributed by atoms with Crippen LogP contribution >= 0.6 is 0 Å². The van der Waals surface area contributed by atoms with Gasteiger partial charge in [0.15, 0.2) is 0 Å². The van der Waals surface area contributed by atoms with E-state index >= 15 is 0 Å². The predicted molar refractivity (Wildman–Crippen MR) is 85.0 cm³/mol. The van der Waals surface area contributed by atoms with E-state index in [1.165, 1.54) is 30.5 Å². The highest BCUT2D eigenvalue weighted by atomic mass is 19.1. The third-order valence-corrected chi connectivity index (χ3v) is 2.93. The molecule has 0 aliphatic heterocycles. The fourth-order valence-corrected chi connectivity index (χ4v) is 1.77. The first-order chi connectivity index (χ1) is 11.1. The van der Waals surface area contributed by atoms with Gasteiger partial charge in [0.05, 0.1) is 6.21 Å². The van der Waals surface area contributed by atoms with E-state index in [0.29, 0.717) is 12.1 Å². The van der Waals surface area contributed by atoms with Crippen LogP contribution < -0.4 is 10.7 Å². The van der Waals surface area contributed by atoms with Gasteiger partial charge in [-0.2, -0.15) is 5.10 Å². The second-order valence-corrected chi connectivity index (χ2v) is 4.78. The van der Waals surface area contributed by atoms with E-state index in [-0.39, 0.29) is 18.1 Å². The van der Waals surface area contributed by atoms with E-state index < -0.39 is 5.91 Å². The van der Waals surface area contributed by atoms with Crippen LogP contribution in [0.2, 0.25) is 0 Å². The van der Waals surface area contributed by atoms with Crippen molar-refractivity contribution in [3.8, 4) is 0 Å². The molecule has 0 aromatic heterocycles. The maximum Gasteiger partial charge on any atom is 0.249 e. The summed E-state index contributed by atoms with van der Waals surface area (Å²) in [7, 11) is 0. The standard InChI is InChI=1S/C17H16FN3O2/c18-15-8-6-14(7-9-15)12-20-21-17(23)10-16(22)19-11-13-4-2-1-3-5-13/h1-9,12H,10-11H2,(H,19,22)(H,21,23)/b20-12+. The van der Waals surface area contributed by atoms with Crippen molar-refractivity contribution in [2.24, 2.45) is 5.10 Å². The molecular weight excluding hydrogens is 297 g/mol. The van der Waals surface area contributed by atoms with Gasteiger partial charge >= 0.3 is 0 Å². The van der Waals surface area contributed by atoms with E-state index in [2.05, 4.69) is 15.8 Å². The minimum absolute atomic E-state index is 0.312. The van der Waals surface area contributed by atoms with Crippen LogP contribution in [-0.2, 0) is 16.1 Å². The molecule has 0 fully saturated rings. The number of carbonyl (C=O) groups excluding carboxylic acids is 2. The Hall–Kier alpha value is -3.02. The highest BCUT2D eigenvalue weighted by molar-refractivity contribution is 5.97. The summed E-state index contributed by atoms with van der Waals surface area (Å²) in [6.07, 6.45) is 1.06. The van der Waals surface area contributed by atoms with Crippen molar-refractivity contribution in [2.75, 3.05) is 0 Å². The Balaban J connectivity index is 1.71. The molecule has 0 bridgehead atoms. The molecule has 0 heterocycles. The summed E-state index contributed by atoms with van der Waals surface area (Å²) in [5.74, 6) is -1.25. The van der Waals surface area contributed by atoms with Crippen molar-refractivity contribution in [1.29, 1.82) is 0 Å². The first kappa shape index (κ1) is 16.4. The van der Waals surface area contributed by atoms with Gasteiger partial charge in [-0.05, 0) is 23.3 Å². The van der Waals surface area contributed by atoms with Crippen LogP contribution in [0, 0.1) is 5.82 Å². The Morgan fingerprint density at radius 3 is 2.39 bits per heavy atom. The summed E-state index contributed by atoms with van der Waals surface area (Å²) >= 11 is 0. The summed E-state index contributed by atoms with van der Waals surface area (Å²) in [6, 6.07) is 15.0. The number of benzene rings is 2. The first-order valence-corrected chi connectivity index (χ1v) is 7.01. The molecule has 23 heavy (non-hydrogen) atoms. The van der Waals surface area contributed by atoms with Crippen LogP contribution in [0.1, 0.15) is 17.5 Å². The SMILES string of the molecule is O=C(CC(=O)N/N=C/c1ccc(F)cc1)NCc1ccccc1. The maximum atomic E-state index is 12.7. The number of hydrogen-bond acceptors (Lipinski definition) is 3. The van der Waals surface area contributed by atoms with Crippen molar-refractivity contribution in [3.05, 3.63) is 71.5 Å². The maximum absolute atomic E-state index is 12.7. The number of hydrogen-bond donors (Lipinski definition) is 2. The molecule has 0 radical (unpaired) electrons. The fourth-order valence-electron chi connectivity index (χ4n) is 1.77. The number of carbonyl (C=O) groups is 2. The van der Waals surface area contributed by atoms with E-state index in [1.807, 2.05) is 30.3 Å². The summed E-state index contributed by atoms with van der Waals surface area (Å²) in [5, 5.41) is 6.37. The molecule has 6 heteroatoms. The minimum atomic E-state index is -0.520. The molecule has 2 rings (SSSR count). The molecule has 5 nitrogen and oxygen atoms in total. The van der Waals surface area contributed by atoms with Crippen LogP contribution in [0.4, 0.5) is 4.39 Å². The molecule has 0 spiro atoms. The molecule has 0 saturated carbocycles. The van der Waals surface area contributed by atoms with Crippen molar-refractivity contribution in [3.63, 3.8) is 0 Å². The number of halogens is 1. The molecule has 2 amide bonds. The zero-order valence-corrected chi connectivity index (χ0v) is 12.3. The average Bonchev–Trinajstić information content (AvgIpc) is 2.56. The van der Waals surface area contributed by atoms with Crippen LogP contribution in [0.15, 0.2) is 59.7 Å². The minimum Gasteiger partial charge on any atom is -0.352 e. The topological polar surface area (TPSA) is 70.6 Å².